The fourth-order valence-corrected chi connectivity index (χ4v) is 3.94. The van der Waals surface area contributed by atoms with Gasteiger partial charge in [-0.3, -0.25) is 14.4 Å². The lowest BCUT2D eigenvalue weighted by molar-refractivity contribution is -0.144. The fraction of sp³-hybridized carbons (Fsp3) is 0.435. The third kappa shape index (κ3) is 6.41. The summed E-state index contributed by atoms with van der Waals surface area (Å²) in [5.41, 5.74) is 7.06. The molecule has 1 aromatic carbocycles. The number of amides is 3. The molecule has 0 spiro atoms. The number of imidazole rings is 1. The van der Waals surface area contributed by atoms with Crippen LogP contribution >= 0.6 is 0 Å². The van der Waals surface area contributed by atoms with E-state index in [1.807, 2.05) is 6.07 Å². The number of benzene rings is 1. The average Bonchev–Trinajstić information content (AvgIpc) is 3.50. The summed E-state index contributed by atoms with van der Waals surface area (Å²) < 4.78 is 0. The van der Waals surface area contributed by atoms with Crippen LogP contribution in [0, 0.1) is 0 Å². The number of nitrogens with zero attached hydrogens (tertiary/aromatic N) is 2. The van der Waals surface area contributed by atoms with Crippen LogP contribution in [0.2, 0.25) is 0 Å². The quantitative estimate of drug-likeness (QED) is 0.314. The van der Waals surface area contributed by atoms with E-state index in [1.54, 1.807) is 30.5 Å². The van der Waals surface area contributed by atoms with Gasteiger partial charge in [0.15, 0.2) is 0 Å². The highest BCUT2D eigenvalue weighted by molar-refractivity contribution is 5.94. The Morgan fingerprint density at radius 3 is 2.53 bits per heavy atom. The summed E-state index contributed by atoms with van der Waals surface area (Å²) in [6.45, 7) is 1.83. The zero-order chi connectivity index (χ0) is 24.7. The summed E-state index contributed by atoms with van der Waals surface area (Å²) in [5.74, 6) is -2.62. The Kier molecular flexibility index (Phi) is 8.36. The Morgan fingerprint density at radius 2 is 1.91 bits per heavy atom. The first-order valence-corrected chi connectivity index (χ1v) is 11.2. The fourth-order valence-electron chi connectivity index (χ4n) is 3.94. The maximum atomic E-state index is 13.4. The van der Waals surface area contributed by atoms with Gasteiger partial charge in [-0.1, -0.05) is 30.3 Å². The van der Waals surface area contributed by atoms with Crippen molar-refractivity contribution >= 4 is 23.7 Å². The molecule has 0 bridgehead atoms. The highest BCUT2D eigenvalue weighted by atomic mass is 16.4. The molecule has 182 valence electrons. The van der Waals surface area contributed by atoms with Crippen LogP contribution in [0.4, 0.5) is 0 Å². The average molecular weight is 471 g/mol. The van der Waals surface area contributed by atoms with Crippen LogP contribution in [0.25, 0.3) is 0 Å². The van der Waals surface area contributed by atoms with Crippen molar-refractivity contribution in [1.29, 1.82) is 0 Å². The maximum absolute atomic E-state index is 13.4. The van der Waals surface area contributed by atoms with E-state index in [4.69, 9.17) is 5.73 Å². The summed E-state index contributed by atoms with van der Waals surface area (Å²) in [6.07, 6.45) is 4.26. The molecular weight excluding hydrogens is 440 g/mol. The van der Waals surface area contributed by atoms with Crippen molar-refractivity contribution in [2.75, 3.05) is 6.54 Å². The molecule has 1 aliphatic heterocycles. The van der Waals surface area contributed by atoms with Gasteiger partial charge in [-0.15, -0.1) is 0 Å². The Balaban J connectivity index is 1.72. The van der Waals surface area contributed by atoms with E-state index in [9.17, 15) is 24.3 Å². The Labute approximate surface area is 197 Å². The number of aliphatic carboxylic acids is 1. The third-order valence-electron chi connectivity index (χ3n) is 5.74. The van der Waals surface area contributed by atoms with Gasteiger partial charge in [0.05, 0.1) is 12.4 Å². The molecule has 3 amide bonds. The van der Waals surface area contributed by atoms with E-state index in [2.05, 4.69) is 20.6 Å². The molecule has 6 N–H and O–H groups in total. The second-order valence-corrected chi connectivity index (χ2v) is 8.41. The van der Waals surface area contributed by atoms with Crippen molar-refractivity contribution in [2.24, 2.45) is 5.73 Å². The predicted octanol–water partition coefficient (Wildman–Crippen LogP) is -0.413. The molecule has 2 heterocycles. The molecular formula is C23H30N6O5. The first-order valence-electron chi connectivity index (χ1n) is 11.2. The molecule has 1 aliphatic rings. The molecule has 0 aliphatic carbocycles. The topological polar surface area (TPSA) is 171 Å². The number of carbonyl (C=O) groups is 4. The van der Waals surface area contributed by atoms with Crippen LogP contribution in [0.3, 0.4) is 0 Å². The SMILES string of the molecule is C[C@H](N)C(=O)N[C@@H](Cc1cnc[nH]1)C(=O)N1CCC[C@H]1C(=O)N[C@@H](Cc1ccccc1)C(=O)O. The molecule has 0 unspecified atom stereocenters. The highest BCUT2D eigenvalue weighted by Crippen LogP contribution is 2.20. The number of nitrogens with one attached hydrogen (secondary N) is 3. The molecule has 1 saturated heterocycles. The second kappa shape index (κ2) is 11.4. The monoisotopic (exact) mass is 470 g/mol. The summed E-state index contributed by atoms with van der Waals surface area (Å²) in [4.78, 5) is 58.7. The minimum atomic E-state index is -1.16. The molecule has 0 radical (unpaired) electrons. The number of hydrogen-bond donors (Lipinski definition) is 5. The lowest BCUT2D eigenvalue weighted by atomic mass is 10.0. The predicted molar refractivity (Wildman–Crippen MR) is 122 cm³/mol. The normalized spacial score (nSPS) is 18.1. The van der Waals surface area contributed by atoms with Gasteiger partial charge in [-0.25, -0.2) is 9.78 Å². The van der Waals surface area contributed by atoms with Crippen LogP contribution in [-0.4, -0.2) is 74.4 Å². The van der Waals surface area contributed by atoms with Crippen LogP contribution in [0.15, 0.2) is 42.9 Å². The third-order valence-corrected chi connectivity index (χ3v) is 5.74. The Morgan fingerprint density at radius 1 is 1.18 bits per heavy atom. The van der Waals surface area contributed by atoms with E-state index in [1.165, 1.54) is 18.2 Å². The van der Waals surface area contributed by atoms with E-state index in [-0.39, 0.29) is 12.8 Å². The number of nitrogens with two attached hydrogens (primary N) is 1. The van der Waals surface area contributed by atoms with Crippen molar-refractivity contribution < 1.29 is 24.3 Å². The Hall–Kier alpha value is -3.73. The smallest absolute Gasteiger partial charge is 0.326 e. The largest absolute Gasteiger partial charge is 0.480 e. The number of carboxylic acids is 1. The molecule has 0 saturated carbocycles. The summed E-state index contributed by atoms with van der Waals surface area (Å²) in [5, 5.41) is 14.9. The molecule has 2 aromatic rings. The van der Waals surface area contributed by atoms with Crippen LogP contribution in [-0.2, 0) is 32.0 Å². The molecule has 3 rings (SSSR count). The van der Waals surface area contributed by atoms with Gasteiger partial charge in [0.2, 0.25) is 17.7 Å². The number of hydrogen-bond acceptors (Lipinski definition) is 6. The van der Waals surface area contributed by atoms with E-state index in [0.29, 0.717) is 25.1 Å². The highest BCUT2D eigenvalue weighted by Gasteiger charge is 2.39. The van der Waals surface area contributed by atoms with E-state index in [0.717, 1.165) is 5.56 Å². The van der Waals surface area contributed by atoms with Crippen molar-refractivity contribution in [1.82, 2.24) is 25.5 Å². The number of aromatic amines is 1. The standard InChI is InChI=1S/C23H30N6O5/c1-14(24)20(30)27-17(11-16-12-25-13-26-16)22(32)29-9-5-8-19(29)21(31)28-18(23(33)34)10-15-6-3-2-4-7-15/h2-4,6-7,12-14,17-19H,5,8-11,24H2,1H3,(H,25,26)(H,27,30)(H,28,31)(H,33,34)/t14-,17-,18-,19-/m0/s1. The van der Waals surface area contributed by atoms with Gasteiger partial charge in [-0.2, -0.15) is 0 Å². The number of carboxylic acid groups (broad SMARTS) is 1. The van der Waals surface area contributed by atoms with Crippen LogP contribution in [0.1, 0.15) is 31.0 Å². The number of H-pyrrole nitrogens is 1. The lowest BCUT2D eigenvalue weighted by Gasteiger charge is -2.29. The summed E-state index contributed by atoms with van der Waals surface area (Å²) in [6, 6.07) is 5.25. The van der Waals surface area contributed by atoms with Crippen LogP contribution < -0.4 is 16.4 Å². The van der Waals surface area contributed by atoms with Gasteiger partial charge in [0.25, 0.3) is 0 Å². The Bertz CT molecular complexity index is 995. The summed E-state index contributed by atoms with van der Waals surface area (Å²) in [7, 11) is 0. The molecule has 34 heavy (non-hydrogen) atoms. The van der Waals surface area contributed by atoms with Gasteiger partial charge >= 0.3 is 5.97 Å². The van der Waals surface area contributed by atoms with Crippen molar-refractivity contribution in [3.8, 4) is 0 Å². The molecule has 11 heteroatoms. The minimum absolute atomic E-state index is 0.121. The minimum Gasteiger partial charge on any atom is -0.480 e. The zero-order valence-electron chi connectivity index (χ0n) is 18.9. The molecule has 4 atom stereocenters. The first kappa shape index (κ1) is 24.9. The van der Waals surface area contributed by atoms with Crippen molar-refractivity contribution in [3.63, 3.8) is 0 Å². The second-order valence-electron chi connectivity index (χ2n) is 8.41. The summed E-state index contributed by atoms with van der Waals surface area (Å²) >= 11 is 0. The van der Waals surface area contributed by atoms with Gasteiger partial charge < -0.3 is 31.4 Å². The first-order chi connectivity index (χ1) is 16.3. The lowest BCUT2D eigenvalue weighted by Crippen LogP contribution is -2.57. The van der Waals surface area contributed by atoms with E-state index < -0.39 is 47.9 Å². The molecule has 1 fully saturated rings. The zero-order valence-corrected chi connectivity index (χ0v) is 18.9. The van der Waals surface area contributed by atoms with E-state index >= 15 is 0 Å². The van der Waals surface area contributed by atoms with Gasteiger partial charge in [0.1, 0.15) is 18.1 Å². The molecule has 11 nitrogen and oxygen atoms in total. The maximum Gasteiger partial charge on any atom is 0.326 e. The number of aromatic nitrogens is 2. The number of carbonyl (C=O) groups excluding carboxylic acids is 3. The van der Waals surface area contributed by atoms with Gasteiger partial charge in [0, 0.05) is 31.3 Å². The number of rotatable bonds is 10. The number of likely N-dealkylation sites (tertiary alicyclic amines) is 1. The van der Waals surface area contributed by atoms with Crippen LogP contribution in [0.5, 0.6) is 0 Å². The van der Waals surface area contributed by atoms with Crippen molar-refractivity contribution in [2.45, 2.75) is 56.8 Å². The van der Waals surface area contributed by atoms with Crippen molar-refractivity contribution in [3.05, 3.63) is 54.1 Å². The molecule has 1 aromatic heterocycles. The van der Waals surface area contributed by atoms with Gasteiger partial charge in [-0.05, 0) is 25.3 Å².